The van der Waals surface area contributed by atoms with E-state index in [0.717, 1.165) is 16.3 Å². The molecule has 0 aliphatic carbocycles. The lowest BCUT2D eigenvalue weighted by atomic mass is 9.94. The molecule has 0 saturated carbocycles. The van der Waals surface area contributed by atoms with Crippen molar-refractivity contribution in [2.45, 2.75) is 44.8 Å². The smallest absolute Gasteiger partial charge is 0.410 e. The second-order valence-corrected chi connectivity index (χ2v) is 9.37. The van der Waals surface area contributed by atoms with E-state index >= 15 is 0 Å². The van der Waals surface area contributed by atoms with Crippen molar-refractivity contribution >= 4 is 22.8 Å². The molecular formula is C25H35N3O4. The van der Waals surface area contributed by atoms with Gasteiger partial charge in [0, 0.05) is 45.9 Å². The molecule has 1 aliphatic heterocycles. The van der Waals surface area contributed by atoms with Crippen molar-refractivity contribution in [2.24, 2.45) is 0 Å². The number of carbonyl (C=O) groups is 2. The van der Waals surface area contributed by atoms with Crippen LogP contribution in [-0.4, -0.2) is 78.4 Å². The average Bonchev–Trinajstić information content (AvgIpc) is 2.75. The first-order valence-electron chi connectivity index (χ1n) is 11.2. The highest BCUT2D eigenvalue weighted by atomic mass is 16.6. The Bertz CT molecular complexity index is 940. The number of piperazine rings is 1. The van der Waals surface area contributed by atoms with Gasteiger partial charge < -0.3 is 20.1 Å². The Kier molecular flexibility index (Phi) is 7.74. The third-order valence-electron chi connectivity index (χ3n) is 5.84. The molecule has 2 aromatic rings. The molecule has 1 saturated heterocycles. The first kappa shape index (κ1) is 24.0. The van der Waals surface area contributed by atoms with Crippen LogP contribution in [0.5, 0.6) is 0 Å². The lowest BCUT2D eigenvalue weighted by Crippen LogP contribution is -2.57. The van der Waals surface area contributed by atoms with Crippen molar-refractivity contribution in [1.29, 1.82) is 0 Å². The number of aliphatic hydroxyl groups is 1. The lowest BCUT2D eigenvalue weighted by molar-refractivity contribution is -0.122. The van der Waals surface area contributed by atoms with Crippen LogP contribution >= 0.6 is 0 Å². The van der Waals surface area contributed by atoms with E-state index in [1.165, 1.54) is 0 Å². The first-order valence-corrected chi connectivity index (χ1v) is 11.2. The zero-order chi connectivity index (χ0) is 23.3. The third-order valence-corrected chi connectivity index (χ3v) is 5.84. The Morgan fingerprint density at radius 1 is 1.16 bits per heavy atom. The van der Waals surface area contributed by atoms with Gasteiger partial charge in [0.2, 0.25) is 5.91 Å². The van der Waals surface area contributed by atoms with E-state index in [0.29, 0.717) is 32.6 Å². The van der Waals surface area contributed by atoms with E-state index in [1.54, 1.807) is 11.9 Å². The summed E-state index contributed by atoms with van der Waals surface area (Å²) < 4.78 is 5.56. The topological polar surface area (TPSA) is 82.1 Å². The van der Waals surface area contributed by atoms with E-state index in [4.69, 9.17) is 4.74 Å². The Morgan fingerprint density at radius 2 is 1.88 bits per heavy atom. The van der Waals surface area contributed by atoms with Gasteiger partial charge in [-0.2, -0.15) is 0 Å². The van der Waals surface area contributed by atoms with E-state index in [1.807, 2.05) is 39.0 Å². The summed E-state index contributed by atoms with van der Waals surface area (Å²) in [6.07, 6.45) is 0.115. The molecule has 32 heavy (non-hydrogen) atoms. The molecule has 3 rings (SSSR count). The van der Waals surface area contributed by atoms with Crippen LogP contribution in [0.15, 0.2) is 42.5 Å². The maximum atomic E-state index is 12.8. The number of nitrogens with one attached hydrogen (secondary N) is 1. The molecule has 174 valence electrons. The molecule has 2 unspecified atom stereocenters. The summed E-state index contributed by atoms with van der Waals surface area (Å²) in [5.74, 6) is -0.360. The molecule has 7 nitrogen and oxygen atoms in total. The summed E-state index contributed by atoms with van der Waals surface area (Å²) in [6, 6.07) is 14.1. The maximum Gasteiger partial charge on any atom is 0.410 e. The van der Waals surface area contributed by atoms with Gasteiger partial charge in [0.15, 0.2) is 0 Å². The van der Waals surface area contributed by atoms with E-state index in [9.17, 15) is 14.7 Å². The lowest BCUT2D eigenvalue weighted by Gasteiger charge is -2.42. The first-order chi connectivity index (χ1) is 15.2. The van der Waals surface area contributed by atoms with Gasteiger partial charge in [-0.1, -0.05) is 42.5 Å². The Balaban J connectivity index is 1.76. The van der Waals surface area contributed by atoms with Crippen molar-refractivity contribution in [2.75, 3.05) is 39.8 Å². The number of carbonyl (C=O) groups excluding carboxylic acids is 2. The summed E-state index contributed by atoms with van der Waals surface area (Å²) in [5.41, 5.74) is 0.398. The van der Waals surface area contributed by atoms with Gasteiger partial charge in [0.05, 0.1) is 5.92 Å². The Hall–Kier alpha value is -2.64. The van der Waals surface area contributed by atoms with Crippen LogP contribution in [-0.2, 0) is 9.53 Å². The fourth-order valence-electron chi connectivity index (χ4n) is 4.24. The number of ether oxygens (including phenoxy) is 1. The minimum atomic E-state index is -0.571. The van der Waals surface area contributed by atoms with Gasteiger partial charge in [-0.05, 0) is 43.5 Å². The largest absolute Gasteiger partial charge is 0.444 e. The molecule has 7 heteroatoms. The predicted octanol–water partition coefficient (Wildman–Crippen LogP) is 2.97. The zero-order valence-electron chi connectivity index (χ0n) is 19.5. The second-order valence-electron chi connectivity index (χ2n) is 9.37. The number of hydrogen-bond acceptors (Lipinski definition) is 5. The molecule has 2 N–H and O–H groups in total. The molecule has 1 fully saturated rings. The number of fused-ring (bicyclic) bond motifs is 1. The highest BCUT2D eigenvalue weighted by molar-refractivity contribution is 5.88. The number of nitrogens with zero attached hydrogens (tertiary/aromatic N) is 2. The SMILES string of the molecule is CNC(=O)C(CN1CCN(C(=O)OC(C)(C)C)C(CCO)C1)c1ccc2ccccc2c1. The molecule has 2 aromatic carbocycles. The van der Waals surface area contributed by atoms with Crippen molar-refractivity contribution < 1.29 is 19.4 Å². The molecule has 1 aliphatic rings. The van der Waals surface area contributed by atoms with Crippen LogP contribution in [0.3, 0.4) is 0 Å². The van der Waals surface area contributed by atoms with E-state index in [2.05, 4.69) is 34.5 Å². The predicted molar refractivity (Wildman–Crippen MR) is 126 cm³/mol. The van der Waals surface area contributed by atoms with Crippen LogP contribution in [0, 0.1) is 0 Å². The molecule has 0 aromatic heterocycles. The van der Waals surface area contributed by atoms with Gasteiger partial charge in [0.25, 0.3) is 0 Å². The number of hydrogen-bond donors (Lipinski definition) is 2. The number of amides is 2. The number of rotatable bonds is 6. The number of likely N-dealkylation sites (N-methyl/N-ethyl adjacent to an activating group) is 1. The molecule has 0 bridgehead atoms. The highest BCUT2D eigenvalue weighted by Gasteiger charge is 2.34. The Labute approximate surface area is 190 Å². The minimum absolute atomic E-state index is 0.0125. The van der Waals surface area contributed by atoms with Gasteiger partial charge in [0.1, 0.15) is 5.60 Å². The maximum absolute atomic E-state index is 12.8. The number of benzene rings is 2. The third kappa shape index (κ3) is 5.99. The molecule has 2 amide bonds. The molecule has 0 radical (unpaired) electrons. The quantitative estimate of drug-likeness (QED) is 0.720. The van der Waals surface area contributed by atoms with Crippen LogP contribution in [0.4, 0.5) is 4.79 Å². The van der Waals surface area contributed by atoms with E-state index < -0.39 is 5.60 Å². The number of aliphatic hydroxyl groups excluding tert-OH is 1. The fourth-order valence-corrected chi connectivity index (χ4v) is 4.24. The van der Waals surface area contributed by atoms with Crippen LogP contribution < -0.4 is 5.32 Å². The molecule has 0 spiro atoms. The summed E-state index contributed by atoms with van der Waals surface area (Å²) >= 11 is 0. The summed E-state index contributed by atoms with van der Waals surface area (Å²) in [4.78, 5) is 29.4. The minimum Gasteiger partial charge on any atom is -0.444 e. The van der Waals surface area contributed by atoms with Gasteiger partial charge in [-0.3, -0.25) is 9.69 Å². The van der Waals surface area contributed by atoms with Gasteiger partial charge in [-0.15, -0.1) is 0 Å². The van der Waals surface area contributed by atoms with Gasteiger partial charge >= 0.3 is 6.09 Å². The van der Waals surface area contributed by atoms with Gasteiger partial charge in [-0.25, -0.2) is 4.79 Å². The van der Waals surface area contributed by atoms with Crippen molar-refractivity contribution in [1.82, 2.24) is 15.1 Å². The normalized spacial score (nSPS) is 18.4. The van der Waals surface area contributed by atoms with Crippen molar-refractivity contribution in [3.8, 4) is 0 Å². The monoisotopic (exact) mass is 441 g/mol. The highest BCUT2D eigenvalue weighted by Crippen LogP contribution is 2.25. The van der Waals surface area contributed by atoms with Crippen LogP contribution in [0.25, 0.3) is 10.8 Å². The van der Waals surface area contributed by atoms with E-state index in [-0.39, 0.29) is 30.6 Å². The van der Waals surface area contributed by atoms with Crippen LogP contribution in [0.2, 0.25) is 0 Å². The summed E-state index contributed by atoms with van der Waals surface area (Å²) in [6.45, 7) is 7.80. The van der Waals surface area contributed by atoms with Crippen molar-refractivity contribution in [3.63, 3.8) is 0 Å². The Morgan fingerprint density at radius 3 is 2.53 bits per heavy atom. The average molecular weight is 442 g/mol. The zero-order valence-corrected chi connectivity index (χ0v) is 19.5. The summed E-state index contributed by atoms with van der Waals surface area (Å²) in [7, 11) is 1.66. The molecular weight excluding hydrogens is 406 g/mol. The second kappa shape index (κ2) is 10.3. The standard InChI is InChI=1S/C25H35N3O4/c1-25(2,3)32-24(31)28-13-12-27(16-21(28)11-14-29)17-22(23(30)26-4)20-10-9-18-7-5-6-8-19(18)15-20/h5-10,15,21-22,29H,11-14,16-17H2,1-4H3,(H,26,30). The van der Waals surface area contributed by atoms with Crippen LogP contribution in [0.1, 0.15) is 38.7 Å². The summed E-state index contributed by atoms with van der Waals surface area (Å²) in [5, 5.41) is 14.6. The molecule has 2 atom stereocenters. The molecule has 1 heterocycles. The van der Waals surface area contributed by atoms with Crippen molar-refractivity contribution in [3.05, 3.63) is 48.0 Å². The fraction of sp³-hybridized carbons (Fsp3) is 0.520.